The Hall–Kier alpha value is -2.89. The van der Waals surface area contributed by atoms with Crippen LogP contribution in [0, 0.1) is 5.41 Å². The van der Waals surface area contributed by atoms with Gasteiger partial charge in [0.05, 0.1) is 24.8 Å². The van der Waals surface area contributed by atoms with Crippen molar-refractivity contribution in [1.82, 2.24) is 20.5 Å². The van der Waals surface area contributed by atoms with Crippen LogP contribution in [0.15, 0.2) is 42.6 Å². The molecule has 1 saturated carbocycles. The van der Waals surface area contributed by atoms with Gasteiger partial charge in [0, 0.05) is 11.6 Å². The van der Waals surface area contributed by atoms with Crippen molar-refractivity contribution in [3.05, 3.63) is 53.9 Å². The molecule has 0 bridgehead atoms. The number of aromatic nitrogens is 3. The molecule has 4 rings (SSSR count). The first-order chi connectivity index (χ1) is 12.5. The lowest BCUT2D eigenvalue weighted by Crippen LogP contribution is -2.37. The summed E-state index contributed by atoms with van der Waals surface area (Å²) < 4.78 is 5.23. The molecule has 6 nitrogen and oxygen atoms in total. The van der Waals surface area contributed by atoms with Gasteiger partial charge < -0.3 is 10.1 Å². The summed E-state index contributed by atoms with van der Waals surface area (Å²) in [4.78, 5) is 17.3. The van der Waals surface area contributed by atoms with Crippen LogP contribution in [0.25, 0.3) is 11.0 Å². The van der Waals surface area contributed by atoms with Gasteiger partial charge in [-0.15, -0.1) is 0 Å². The number of hydrogen-bond donors (Lipinski definition) is 2. The Morgan fingerprint density at radius 2 is 2.00 bits per heavy atom. The molecule has 2 aromatic heterocycles. The van der Waals surface area contributed by atoms with Crippen LogP contribution in [0.2, 0.25) is 0 Å². The minimum atomic E-state index is -0.507. The fourth-order valence-electron chi connectivity index (χ4n) is 3.86. The minimum absolute atomic E-state index is 0.0410. The highest BCUT2D eigenvalue weighted by Crippen LogP contribution is 2.64. The second-order valence-electron chi connectivity index (χ2n) is 7.45. The summed E-state index contributed by atoms with van der Waals surface area (Å²) in [5.74, 6) is 0.832. The van der Waals surface area contributed by atoms with Gasteiger partial charge in [-0.1, -0.05) is 26.0 Å². The molecule has 1 atom stereocenters. The van der Waals surface area contributed by atoms with Crippen LogP contribution >= 0.6 is 0 Å². The average molecular weight is 350 g/mol. The Balaban J connectivity index is 1.56. The van der Waals surface area contributed by atoms with E-state index in [4.69, 9.17) is 4.74 Å². The standard InChI is InChI=1S/C20H22N4O2/c1-19(2)12-20(19,13-6-8-14(26-3)9-7-13)18(25)22-11-16-15-5-4-10-21-17(15)24-23-16/h4-10H,11-12H2,1-3H3,(H,22,25)(H,21,23,24). The first kappa shape index (κ1) is 16.6. The minimum Gasteiger partial charge on any atom is -0.497 e. The van der Waals surface area contributed by atoms with Gasteiger partial charge in [-0.05, 0) is 41.7 Å². The molecule has 0 radical (unpaired) electrons. The number of H-pyrrole nitrogens is 1. The maximum atomic E-state index is 13.1. The third-order valence-electron chi connectivity index (χ3n) is 5.54. The largest absolute Gasteiger partial charge is 0.497 e. The number of ether oxygens (including phenoxy) is 1. The number of hydrogen-bond acceptors (Lipinski definition) is 4. The molecule has 1 unspecified atom stereocenters. The van der Waals surface area contributed by atoms with Crippen molar-refractivity contribution < 1.29 is 9.53 Å². The van der Waals surface area contributed by atoms with Crippen molar-refractivity contribution in [3.8, 4) is 5.75 Å². The number of carbonyl (C=O) groups excluding carboxylic acids is 1. The van der Waals surface area contributed by atoms with Gasteiger partial charge in [0.1, 0.15) is 5.75 Å². The molecule has 1 aliphatic carbocycles. The van der Waals surface area contributed by atoms with Gasteiger partial charge in [-0.25, -0.2) is 4.98 Å². The molecule has 1 aromatic carbocycles. The first-order valence-corrected chi connectivity index (χ1v) is 8.69. The maximum Gasteiger partial charge on any atom is 0.231 e. The summed E-state index contributed by atoms with van der Waals surface area (Å²) in [6.07, 6.45) is 2.53. The van der Waals surface area contributed by atoms with E-state index in [1.165, 1.54) is 0 Å². The summed E-state index contributed by atoms with van der Waals surface area (Å²) in [5.41, 5.74) is 1.96. The smallest absolute Gasteiger partial charge is 0.231 e. The Morgan fingerprint density at radius 3 is 2.65 bits per heavy atom. The van der Waals surface area contributed by atoms with Crippen molar-refractivity contribution in [3.63, 3.8) is 0 Å². The number of amides is 1. The molecular weight excluding hydrogens is 328 g/mol. The number of benzene rings is 1. The topological polar surface area (TPSA) is 79.9 Å². The van der Waals surface area contributed by atoms with E-state index < -0.39 is 5.41 Å². The predicted octanol–water partition coefficient (Wildman–Crippen LogP) is 2.95. The van der Waals surface area contributed by atoms with Gasteiger partial charge in [0.2, 0.25) is 5.91 Å². The molecule has 1 amide bonds. The maximum absolute atomic E-state index is 13.1. The van der Waals surface area contributed by atoms with E-state index in [9.17, 15) is 4.79 Å². The highest BCUT2D eigenvalue weighted by Gasteiger charge is 2.66. The molecule has 0 spiro atoms. The number of carbonyl (C=O) groups is 1. The lowest BCUT2D eigenvalue weighted by atomic mass is 9.87. The van der Waals surface area contributed by atoms with E-state index in [-0.39, 0.29) is 11.3 Å². The number of pyridine rings is 1. The second kappa shape index (κ2) is 5.83. The quantitative estimate of drug-likeness (QED) is 0.741. The molecule has 0 saturated heterocycles. The van der Waals surface area contributed by atoms with Gasteiger partial charge in [0.15, 0.2) is 5.65 Å². The summed E-state index contributed by atoms with van der Waals surface area (Å²) in [7, 11) is 1.64. The van der Waals surface area contributed by atoms with Gasteiger partial charge in [-0.2, -0.15) is 5.10 Å². The summed E-state index contributed by atoms with van der Waals surface area (Å²) >= 11 is 0. The van der Waals surface area contributed by atoms with E-state index in [0.29, 0.717) is 12.2 Å². The molecule has 26 heavy (non-hydrogen) atoms. The van der Waals surface area contributed by atoms with Crippen LogP contribution in [-0.4, -0.2) is 28.2 Å². The van der Waals surface area contributed by atoms with E-state index >= 15 is 0 Å². The zero-order valence-corrected chi connectivity index (χ0v) is 15.2. The van der Waals surface area contributed by atoms with Crippen molar-refractivity contribution in [2.45, 2.75) is 32.2 Å². The van der Waals surface area contributed by atoms with E-state index in [1.807, 2.05) is 36.4 Å². The molecule has 1 fully saturated rings. The molecule has 3 aromatic rings. The Morgan fingerprint density at radius 1 is 1.27 bits per heavy atom. The fourth-order valence-corrected chi connectivity index (χ4v) is 3.86. The van der Waals surface area contributed by atoms with E-state index in [2.05, 4.69) is 34.3 Å². The number of methoxy groups -OCH3 is 1. The van der Waals surface area contributed by atoms with E-state index in [0.717, 1.165) is 28.8 Å². The van der Waals surface area contributed by atoms with Crippen molar-refractivity contribution in [1.29, 1.82) is 0 Å². The SMILES string of the molecule is COc1ccc(C2(C(=O)NCc3[nH]nc4ncccc34)CC2(C)C)cc1. The molecule has 2 N–H and O–H groups in total. The number of fused-ring (bicyclic) bond motifs is 1. The third-order valence-corrected chi connectivity index (χ3v) is 5.54. The zero-order valence-electron chi connectivity index (χ0n) is 15.2. The third kappa shape index (κ3) is 2.44. The average Bonchev–Trinajstić information content (AvgIpc) is 3.04. The molecular formula is C20H22N4O2. The highest BCUT2D eigenvalue weighted by molar-refractivity contribution is 5.93. The molecule has 1 aliphatic rings. The number of nitrogens with zero attached hydrogens (tertiary/aromatic N) is 2. The zero-order chi connectivity index (χ0) is 18.4. The summed E-state index contributed by atoms with van der Waals surface area (Å²) in [6.45, 7) is 4.66. The van der Waals surface area contributed by atoms with Crippen LogP contribution in [0.4, 0.5) is 0 Å². The normalized spacial score (nSPS) is 20.7. The van der Waals surface area contributed by atoms with Crippen LogP contribution in [0.3, 0.4) is 0 Å². The highest BCUT2D eigenvalue weighted by atomic mass is 16.5. The second-order valence-corrected chi connectivity index (χ2v) is 7.45. The van der Waals surface area contributed by atoms with Crippen molar-refractivity contribution in [2.24, 2.45) is 5.41 Å². The molecule has 6 heteroatoms. The predicted molar refractivity (Wildman–Crippen MR) is 98.8 cm³/mol. The van der Waals surface area contributed by atoms with Crippen LogP contribution < -0.4 is 10.1 Å². The van der Waals surface area contributed by atoms with Crippen LogP contribution in [-0.2, 0) is 16.8 Å². The van der Waals surface area contributed by atoms with Gasteiger partial charge in [0.25, 0.3) is 0 Å². The monoisotopic (exact) mass is 350 g/mol. The lowest BCUT2D eigenvalue weighted by molar-refractivity contribution is -0.124. The van der Waals surface area contributed by atoms with Gasteiger partial charge >= 0.3 is 0 Å². The first-order valence-electron chi connectivity index (χ1n) is 8.69. The van der Waals surface area contributed by atoms with Crippen LogP contribution in [0.1, 0.15) is 31.5 Å². The number of aromatic amines is 1. The molecule has 2 heterocycles. The Bertz CT molecular complexity index is 961. The Labute approximate surface area is 152 Å². The summed E-state index contributed by atoms with van der Waals surface area (Å²) in [6, 6.07) is 11.6. The Kier molecular flexibility index (Phi) is 3.72. The van der Waals surface area contributed by atoms with E-state index in [1.54, 1.807) is 13.3 Å². The fraction of sp³-hybridized carbons (Fsp3) is 0.350. The van der Waals surface area contributed by atoms with Crippen molar-refractivity contribution in [2.75, 3.05) is 7.11 Å². The summed E-state index contributed by atoms with van der Waals surface area (Å²) in [5, 5.41) is 11.2. The molecule has 0 aliphatic heterocycles. The molecule has 134 valence electrons. The lowest BCUT2D eigenvalue weighted by Gasteiger charge is -2.21. The van der Waals surface area contributed by atoms with Crippen molar-refractivity contribution >= 4 is 16.9 Å². The number of nitrogens with one attached hydrogen (secondary N) is 2. The van der Waals surface area contributed by atoms with Crippen LogP contribution in [0.5, 0.6) is 5.75 Å². The van der Waals surface area contributed by atoms with Gasteiger partial charge in [-0.3, -0.25) is 9.89 Å². The number of rotatable bonds is 5.